The maximum atomic E-state index is 12.3. The monoisotopic (exact) mass is 442 g/mol. The fourth-order valence-electron chi connectivity index (χ4n) is 2.93. The van der Waals surface area contributed by atoms with E-state index in [0.717, 1.165) is 41.5 Å². The summed E-state index contributed by atoms with van der Waals surface area (Å²) in [7, 11) is 0. The molecule has 7 heteroatoms. The minimum absolute atomic E-state index is 0.153. The molecule has 0 aliphatic carbocycles. The molecule has 0 aliphatic heterocycles. The van der Waals surface area contributed by atoms with Crippen molar-refractivity contribution in [1.82, 2.24) is 15.0 Å². The van der Waals surface area contributed by atoms with Gasteiger partial charge in [0, 0.05) is 41.1 Å². The average molecular weight is 443 g/mol. The standard InChI is InChI=1S/C21H23BrN4O2/c1-14-10-17(22)13-24-19(14)4-2-3-9-23-21-25-12-16(20(28)26-21)11-15-5-7-18(27)8-6-15/h5-8,10,12-13,27H,2-4,9,11H2,1H3,(H2,23,25,26,28). The second-order valence-electron chi connectivity index (χ2n) is 6.73. The normalized spacial score (nSPS) is 10.8. The summed E-state index contributed by atoms with van der Waals surface area (Å²) in [5, 5.41) is 12.5. The van der Waals surface area contributed by atoms with Crippen LogP contribution in [0.4, 0.5) is 5.95 Å². The molecule has 6 nitrogen and oxygen atoms in total. The van der Waals surface area contributed by atoms with Crippen molar-refractivity contribution < 1.29 is 5.11 Å². The van der Waals surface area contributed by atoms with E-state index in [1.807, 2.05) is 6.20 Å². The highest BCUT2D eigenvalue weighted by atomic mass is 79.9. The van der Waals surface area contributed by atoms with Crippen LogP contribution in [0.2, 0.25) is 0 Å². The number of nitrogens with zero attached hydrogens (tertiary/aromatic N) is 2. The number of aryl methyl sites for hydroxylation is 2. The van der Waals surface area contributed by atoms with Gasteiger partial charge in [-0.2, -0.15) is 0 Å². The van der Waals surface area contributed by atoms with Crippen molar-refractivity contribution in [2.24, 2.45) is 0 Å². The molecule has 0 aliphatic rings. The number of unbranched alkanes of at least 4 members (excludes halogenated alkanes) is 1. The van der Waals surface area contributed by atoms with Crippen LogP contribution in [0.1, 0.15) is 35.2 Å². The molecule has 2 aromatic heterocycles. The Bertz CT molecular complexity index is 986. The molecule has 0 saturated heterocycles. The van der Waals surface area contributed by atoms with Crippen molar-refractivity contribution in [3.05, 3.63) is 79.9 Å². The second kappa shape index (κ2) is 9.50. The lowest BCUT2D eigenvalue weighted by atomic mass is 10.1. The molecular formula is C21H23BrN4O2. The molecule has 1 aromatic carbocycles. The molecule has 3 aromatic rings. The fraction of sp³-hybridized carbons (Fsp3) is 0.286. The van der Waals surface area contributed by atoms with Gasteiger partial charge >= 0.3 is 0 Å². The molecule has 28 heavy (non-hydrogen) atoms. The number of H-pyrrole nitrogens is 1. The number of nitrogens with one attached hydrogen (secondary N) is 2. The molecule has 0 spiro atoms. The number of hydrogen-bond donors (Lipinski definition) is 3. The number of aromatic amines is 1. The lowest BCUT2D eigenvalue weighted by Crippen LogP contribution is -2.17. The number of aromatic hydroxyl groups is 1. The summed E-state index contributed by atoms with van der Waals surface area (Å²) >= 11 is 3.43. The Hall–Kier alpha value is -2.67. The average Bonchev–Trinajstić information content (AvgIpc) is 2.67. The van der Waals surface area contributed by atoms with Crippen LogP contribution in [0.25, 0.3) is 0 Å². The quantitative estimate of drug-likeness (QED) is 0.459. The number of pyridine rings is 1. The predicted molar refractivity (Wildman–Crippen MR) is 114 cm³/mol. The van der Waals surface area contributed by atoms with Gasteiger partial charge in [0.05, 0.1) is 0 Å². The zero-order valence-electron chi connectivity index (χ0n) is 15.7. The Balaban J connectivity index is 1.46. The fourth-order valence-corrected chi connectivity index (χ4v) is 3.37. The van der Waals surface area contributed by atoms with Gasteiger partial charge < -0.3 is 10.4 Å². The van der Waals surface area contributed by atoms with E-state index >= 15 is 0 Å². The summed E-state index contributed by atoms with van der Waals surface area (Å²) in [6, 6.07) is 8.89. The first-order valence-electron chi connectivity index (χ1n) is 9.22. The molecule has 0 bridgehead atoms. The molecule has 0 unspecified atom stereocenters. The Labute approximate surface area is 172 Å². The third-order valence-electron chi connectivity index (χ3n) is 4.49. The summed E-state index contributed by atoms with van der Waals surface area (Å²) in [4.78, 5) is 23.8. The first-order chi connectivity index (χ1) is 13.5. The van der Waals surface area contributed by atoms with Crippen LogP contribution < -0.4 is 10.9 Å². The summed E-state index contributed by atoms with van der Waals surface area (Å²) in [5.41, 5.74) is 3.70. The number of phenolic OH excluding ortho intramolecular Hbond substituents is 1. The molecule has 3 rings (SSSR count). The second-order valence-corrected chi connectivity index (χ2v) is 7.65. The molecule has 0 atom stereocenters. The highest BCUT2D eigenvalue weighted by Crippen LogP contribution is 2.15. The van der Waals surface area contributed by atoms with Crippen LogP contribution in [-0.2, 0) is 12.8 Å². The molecule has 0 amide bonds. The number of hydrogen-bond acceptors (Lipinski definition) is 5. The Morgan fingerprint density at radius 3 is 2.64 bits per heavy atom. The largest absolute Gasteiger partial charge is 0.508 e. The minimum Gasteiger partial charge on any atom is -0.508 e. The molecule has 2 heterocycles. The number of halogens is 1. The van der Waals surface area contributed by atoms with Gasteiger partial charge in [0.2, 0.25) is 5.95 Å². The molecule has 146 valence electrons. The SMILES string of the molecule is Cc1cc(Br)cnc1CCCCNc1ncc(Cc2ccc(O)cc2)c(=O)[nH]1. The summed E-state index contributed by atoms with van der Waals surface area (Å²) in [6.07, 6.45) is 6.79. The Morgan fingerprint density at radius 2 is 1.93 bits per heavy atom. The maximum absolute atomic E-state index is 12.3. The first kappa shape index (κ1) is 20.1. The third-order valence-corrected chi connectivity index (χ3v) is 4.92. The lowest BCUT2D eigenvalue weighted by molar-refractivity contribution is 0.475. The van der Waals surface area contributed by atoms with Crippen molar-refractivity contribution >= 4 is 21.9 Å². The number of benzene rings is 1. The van der Waals surface area contributed by atoms with E-state index in [1.165, 1.54) is 5.56 Å². The number of phenols is 1. The van der Waals surface area contributed by atoms with Gasteiger partial charge in [-0.05, 0) is 71.4 Å². The number of anilines is 1. The summed E-state index contributed by atoms with van der Waals surface area (Å²) in [5.74, 6) is 0.693. The van der Waals surface area contributed by atoms with Crippen LogP contribution in [0, 0.1) is 6.92 Å². The number of aromatic nitrogens is 3. The van der Waals surface area contributed by atoms with Crippen molar-refractivity contribution in [2.45, 2.75) is 32.6 Å². The van der Waals surface area contributed by atoms with Gasteiger partial charge in [-0.25, -0.2) is 4.98 Å². The van der Waals surface area contributed by atoms with Gasteiger partial charge in [0.1, 0.15) is 5.75 Å². The highest BCUT2D eigenvalue weighted by Gasteiger charge is 2.05. The Kier molecular flexibility index (Phi) is 6.81. The van der Waals surface area contributed by atoms with E-state index in [0.29, 0.717) is 17.9 Å². The van der Waals surface area contributed by atoms with Crippen LogP contribution in [0.15, 0.2) is 52.0 Å². The van der Waals surface area contributed by atoms with Crippen molar-refractivity contribution in [1.29, 1.82) is 0 Å². The summed E-state index contributed by atoms with van der Waals surface area (Å²) in [6.45, 7) is 2.80. The molecular weight excluding hydrogens is 420 g/mol. The van der Waals surface area contributed by atoms with Gasteiger partial charge in [-0.3, -0.25) is 14.8 Å². The van der Waals surface area contributed by atoms with Crippen molar-refractivity contribution in [3.63, 3.8) is 0 Å². The van der Waals surface area contributed by atoms with Gasteiger partial charge in [-0.1, -0.05) is 12.1 Å². The minimum atomic E-state index is -0.153. The van der Waals surface area contributed by atoms with Gasteiger partial charge in [-0.15, -0.1) is 0 Å². The molecule has 0 fully saturated rings. The van der Waals surface area contributed by atoms with E-state index in [9.17, 15) is 9.90 Å². The maximum Gasteiger partial charge on any atom is 0.255 e. The van der Waals surface area contributed by atoms with E-state index in [2.05, 4.69) is 49.2 Å². The summed E-state index contributed by atoms with van der Waals surface area (Å²) < 4.78 is 0.999. The first-order valence-corrected chi connectivity index (χ1v) is 10.0. The zero-order chi connectivity index (χ0) is 19.9. The van der Waals surface area contributed by atoms with Crippen molar-refractivity contribution in [2.75, 3.05) is 11.9 Å². The number of rotatable bonds is 8. The lowest BCUT2D eigenvalue weighted by Gasteiger charge is -2.08. The topological polar surface area (TPSA) is 90.9 Å². The smallest absolute Gasteiger partial charge is 0.255 e. The Morgan fingerprint density at radius 1 is 1.14 bits per heavy atom. The van der Waals surface area contributed by atoms with Gasteiger partial charge in [0.25, 0.3) is 5.56 Å². The van der Waals surface area contributed by atoms with E-state index in [1.54, 1.807) is 30.5 Å². The molecule has 0 saturated carbocycles. The van der Waals surface area contributed by atoms with E-state index in [4.69, 9.17) is 0 Å². The molecule has 3 N–H and O–H groups in total. The van der Waals surface area contributed by atoms with Crippen molar-refractivity contribution in [3.8, 4) is 5.75 Å². The van der Waals surface area contributed by atoms with Crippen LogP contribution >= 0.6 is 15.9 Å². The molecule has 0 radical (unpaired) electrons. The van der Waals surface area contributed by atoms with E-state index in [-0.39, 0.29) is 11.3 Å². The predicted octanol–water partition coefficient (Wildman–Crippen LogP) is 3.97. The van der Waals surface area contributed by atoms with Crippen LogP contribution in [-0.4, -0.2) is 26.6 Å². The van der Waals surface area contributed by atoms with Crippen LogP contribution in [0.3, 0.4) is 0 Å². The zero-order valence-corrected chi connectivity index (χ0v) is 17.3. The van der Waals surface area contributed by atoms with Gasteiger partial charge in [0.15, 0.2) is 0 Å². The third kappa shape index (κ3) is 5.66. The highest BCUT2D eigenvalue weighted by molar-refractivity contribution is 9.10. The van der Waals surface area contributed by atoms with Crippen LogP contribution in [0.5, 0.6) is 5.75 Å². The van der Waals surface area contributed by atoms with E-state index < -0.39 is 0 Å².